The van der Waals surface area contributed by atoms with Crippen LogP contribution in [0.5, 0.6) is 11.5 Å². The minimum Gasteiger partial charge on any atom is -0.506 e. The molecule has 0 atom stereocenters. The highest BCUT2D eigenvalue weighted by molar-refractivity contribution is 6.32. The molecule has 0 radical (unpaired) electrons. The summed E-state index contributed by atoms with van der Waals surface area (Å²) in [6.45, 7) is -2.28. The molecular weight excluding hydrogens is 452 g/mol. The molecule has 0 bridgehead atoms. The number of amides is 1. The number of aromatic nitrogens is 1. The summed E-state index contributed by atoms with van der Waals surface area (Å²) in [7, 11) is 0. The van der Waals surface area contributed by atoms with E-state index in [1.54, 1.807) is 12.1 Å². The Morgan fingerprint density at radius 2 is 1.91 bits per heavy atom. The number of hydrazone groups is 1. The SMILES string of the molecule is O=C(N/N=C/c1ccc2c(ccn2Cc2ccc(OC(F)F)cc2)c1)c1ccc(O)c(Cl)c1. The van der Waals surface area contributed by atoms with Crippen LogP contribution in [0.3, 0.4) is 0 Å². The molecule has 0 saturated heterocycles. The van der Waals surface area contributed by atoms with Gasteiger partial charge >= 0.3 is 6.61 Å². The van der Waals surface area contributed by atoms with E-state index in [-0.39, 0.29) is 22.1 Å². The van der Waals surface area contributed by atoms with Crippen LogP contribution in [0.1, 0.15) is 21.5 Å². The van der Waals surface area contributed by atoms with Gasteiger partial charge in [0.1, 0.15) is 11.5 Å². The molecule has 9 heteroatoms. The van der Waals surface area contributed by atoms with Crippen LogP contribution in [-0.2, 0) is 6.54 Å². The number of nitrogens with zero attached hydrogens (tertiary/aromatic N) is 2. The molecule has 4 aromatic rings. The number of ether oxygens (including phenoxy) is 1. The lowest BCUT2D eigenvalue weighted by molar-refractivity contribution is -0.0498. The predicted octanol–water partition coefficient (Wildman–Crippen LogP) is 5.41. The standard InChI is InChI=1S/C24H18ClF2N3O3/c25-20-12-18(4-8-22(20)31)23(32)29-28-13-16-3-7-21-17(11-16)9-10-30(21)14-15-1-5-19(6-2-15)33-24(26)27/h1-13,24,31H,14H2,(H,29,32)/b28-13+. The number of aromatic hydroxyl groups is 1. The number of alkyl halides is 2. The smallest absolute Gasteiger partial charge is 0.387 e. The molecule has 0 spiro atoms. The van der Waals surface area contributed by atoms with Crippen LogP contribution in [0.4, 0.5) is 8.78 Å². The number of rotatable bonds is 7. The molecule has 33 heavy (non-hydrogen) atoms. The fraction of sp³-hybridized carbons (Fsp3) is 0.0833. The van der Waals surface area contributed by atoms with Crippen molar-refractivity contribution in [3.63, 3.8) is 0 Å². The molecule has 0 unspecified atom stereocenters. The Balaban J connectivity index is 1.42. The Hall–Kier alpha value is -3.91. The number of nitrogens with one attached hydrogen (secondary N) is 1. The van der Waals surface area contributed by atoms with Crippen LogP contribution < -0.4 is 10.2 Å². The first-order valence-corrected chi connectivity index (χ1v) is 10.2. The topological polar surface area (TPSA) is 75.9 Å². The van der Waals surface area contributed by atoms with E-state index in [2.05, 4.69) is 15.3 Å². The first-order valence-electron chi connectivity index (χ1n) is 9.83. The maximum absolute atomic E-state index is 12.3. The summed E-state index contributed by atoms with van der Waals surface area (Å²) in [6, 6.07) is 18.4. The van der Waals surface area contributed by atoms with Crippen LogP contribution in [0, 0.1) is 0 Å². The molecule has 0 aliphatic heterocycles. The van der Waals surface area contributed by atoms with E-state index in [4.69, 9.17) is 11.6 Å². The van der Waals surface area contributed by atoms with Crippen molar-refractivity contribution in [3.8, 4) is 11.5 Å². The minimum absolute atomic E-state index is 0.0824. The molecule has 2 N–H and O–H groups in total. The predicted molar refractivity (Wildman–Crippen MR) is 122 cm³/mol. The fourth-order valence-electron chi connectivity index (χ4n) is 3.29. The van der Waals surface area contributed by atoms with Crippen LogP contribution in [-0.4, -0.2) is 28.4 Å². The Bertz CT molecular complexity index is 1320. The molecule has 4 rings (SSSR count). The quantitative estimate of drug-likeness (QED) is 0.280. The maximum atomic E-state index is 12.3. The number of carbonyl (C=O) groups is 1. The number of phenols is 1. The van der Waals surface area contributed by atoms with E-state index >= 15 is 0 Å². The first-order chi connectivity index (χ1) is 15.9. The van der Waals surface area contributed by atoms with E-state index in [0.29, 0.717) is 6.54 Å². The van der Waals surface area contributed by atoms with Gasteiger partial charge < -0.3 is 14.4 Å². The first kappa shape index (κ1) is 22.3. The zero-order chi connectivity index (χ0) is 23.4. The Morgan fingerprint density at radius 1 is 1.12 bits per heavy atom. The monoisotopic (exact) mass is 469 g/mol. The van der Waals surface area contributed by atoms with Gasteiger partial charge in [-0.15, -0.1) is 0 Å². The summed E-state index contributed by atoms with van der Waals surface area (Å²) in [5.74, 6) is -0.435. The zero-order valence-electron chi connectivity index (χ0n) is 17.1. The molecule has 1 amide bonds. The third-order valence-corrected chi connectivity index (χ3v) is 5.19. The van der Waals surface area contributed by atoms with E-state index in [1.807, 2.05) is 35.0 Å². The Morgan fingerprint density at radius 3 is 2.64 bits per heavy atom. The van der Waals surface area contributed by atoms with Crippen LogP contribution in [0.25, 0.3) is 10.9 Å². The van der Waals surface area contributed by atoms with Gasteiger partial charge in [0.25, 0.3) is 5.91 Å². The van der Waals surface area contributed by atoms with Gasteiger partial charge in [-0.3, -0.25) is 4.79 Å². The fourth-order valence-corrected chi connectivity index (χ4v) is 3.47. The summed E-state index contributed by atoms with van der Waals surface area (Å²) < 4.78 is 31.0. The number of hydrogen-bond donors (Lipinski definition) is 2. The second-order valence-corrected chi connectivity index (χ2v) is 7.56. The van der Waals surface area contributed by atoms with Crippen molar-refractivity contribution >= 4 is 34.6 Å². The molecule has 0 aliphatic carbocycles. The number of hydrogen-bond acceptors (Lipinski definition) is 4. The maximum Gasteiger partial charge on any atom is 0.387 e. The van der Waals surface area contributed by atoms with Crippen LogP contribution in [0.2, 0.25) is 5.02 Å². The van der Waals surface area contributed by atoms with Gasteiger partial charge in [-0.2, -0.15) is 13.9 Å². The third kappa shape index (κ3) is 5.48. The van der Waals surface area contributed by atoms with Crippen molar-refractivity contribution in [2.24, 2.45) is 5.10 Å². The highest BCUT2D eigenvalue weighted by atomic mass is 35.5. The van der Waals surface area contributed by atoms with Gasteiger partial charge in [-0.25, -0.2) is 5.43 Å². The highest BCUT2D eigenvalue weighted by Gasteiger charge is 2.08. The van der Waals surface area contributed by atoms with Gasteiger partial charge in [0.05, 0.1) is 11.2 Å². The van der Waals surface area contributed by atoms with Crippen molar-refractivity contribution in [2.45, 2.75) is 13.2 Å². The van der Waals surface area contributed by atoms with Crippen molar-refractivity contribution in [2.75, 3.05) is 0 Å². The molecule has 168 valence electrons. The molecule has 1 aromatic heterocycles. The lowest BCUT2D eigenvalue weighted by Gasteiger charge is -2.08. The summed E-state index contributed by atoms with van der Waals surface area (Å²) in [5, 5.41) is 14.5. The second kappa shape index (κ2) is 9.70. The summed E-state index contributed by atoms with van der Waals surface area (Å²) >= 11 is 5.82. The summed E-state index contributed by atoms with van der Waals surface area (Å²) in [6.07, 6.45) is 3.46. The second-order valence-electron chi connectivity index (χ2n) is 7.15. The van der Waals surface area contributed by atoms with Gasteiger partial charge in [-0.1, -0.05) is 29.8 Å². The number of fused-ring (bicyclic) bond motifs is 1. The molecule has 6 nitrogen and oxygen atoms in total. The van der Waals surface area contributed by atoms with Gasteiger partial charge in [0, 0.05) is 29.2 Å². The summed E-state index contributed by atoms with van der Waals surface area (Å²) in [4.78, 5) is 12.1. The van der Waals surface area contributed by atoms with Gasteiger partial charge in [0.2, 0.25) is 0 Å². The number of carbonyl (C=O) groups excluding carboxylic acids is 1. The molecular formula is C24H18ClF2N3O3. The van der Waals surface area contributed by atoms with E-state index < -0.39 is 12.5 Å². The number of phenolic OH excluding ortho intramolecular Hbond substituents is 1. The molecule has 3 aromatic carbocycles. The average Bonchev–Trinajstić information content (AvgIpc) is 3.18. The molecule has 0 saturated carbocycles. The minimum atomic E-state index is -2.85. The van der Waals surface area contributed by atoms with E-state index in [0.717, 1.165) is 22.0 Å². The van der Waals surface area contributed by atoms with Crippen molar-refractivity contribution in [3.05, 3.63) is 94.6 Å². The Labute approximate surface area is 192 Å². The normalized spacial score (nSPS) is 11.4. The van der Waals surface area contributed by atoms with Crippen molar-refractivity contribution < 1.29 is 23.4 Å². The zero-order valence-corrected chi connectivity index (χ0v) is 17.8. The summed E-state index contributed by atoms with van der Waals surface area (Å²) in [5.41, 5.74) is 5.42. The molecule has 0 aliphatic rings. The number of halogens is 3. The molecule has 1 heterocycles. The van der Waals surface area contributed by atoms with Crippen LogP contribution in [0.15, 0.2) is 78.0 Å². The van der Waals surface area contributed by atoms with Crippen molar-refractivity contribution in [1.82, 2.24) is 9.99 Å². The largest absolute Gasteiger partial charge is 0.506 e. The Kier molecular flexibility index (Phi) is 6.55. The third-order valence-electron chi connectivity index (χ3n) is 4.89. The van der Waals surface area contributed by atoms with Crippen LogP contribution >= 0.6 is 11.6 Å². The van der Waals surface area contributed by atoms with Gasteiger partial charge in [-0.05, 0) is 59.7 Å². The lowest BCUT2D eigenvalue weighted by Crippen LogP contribution is -2.17. The highest BCUT2D eigenvalue weighted by Crippen LogP contribution is 2.24. The van der Waals surface area contributed by atoms with E-state index in [9.17, 15) is 18.7 Å². The number of benzene rings is 3. The van der Waals surface area contributed by atoms with E-state index in [1.165, 1.54) is 36.5 Å². The van der Waals surface area contributed by atoms with Gasteiger partial charge in [0.15, 0.2) is 0 Å². The molecule has 0 fully saturated rings. The van der Waals surface area contributed by atoms with Crippen molar-refractivity contribution in [1.29, 1.82) is 0 Å². The average molecular weight is 470 g/mol. The lowest BCUT2D eigenvalue weighted by atomic mass is 10.1.